The molecule has 1 heterocycles. The van der Waals surface area contributed by atoms with Crippen molar-refractivity contribution in [2.75, 3.05) is 11.9 Å². The maximum Gasteiger partial charge on any atom is 0.261 e. The van der Waals surface area contributed by atoms with E-state index in [2.05, 4.69) is 17.6 Å². The largest absolute Gasteiger partial charge is 0.493 e. The fraction of sp³-hybridized carbons (Fsp3) is 0.381. The molecule has 156 valence electrons. The molecule has 1 aromatic heterocycles. The second-order valence-electron chi connectivity index (χ2n) is 6.67. The highest BCUT2D eigenvalue weighted by atomic mass is 32.1. The number of ether oxygens (including phenoxy) is 1. The Labute approximate surface area is 180 Å². The van der Waals surface area contributed by atoms with Crippen molar-refractivity contribution in [2.45, 2.75) is 46.5 Å². The topological polar surface area (TPSA) is 93.4 Å². The predicted molar refractivity (Wildman–Crippen MR) is 122 cm³/mol. The fourth-order valence-corrected chi connectivity index (χ4v) is 4.14. The third-order valence-electron chi connectivity index (χ3n) is 4.47. The number of carbonyl (C=O) groups excluding carboxylic acids is 2. The molecule has 0 bridgehead atoms. The van der Waals surface area contributed by atoms with Gasteiger partial charge in [0, 0.05) is 4.88 Å². The van der Waals surface area contributed by atoms with Crippen LogP contribution in [0.2, 0.25) is 0 Å². The quantitative estimate of drug-likeness (QED) is 0.398. The summed E-state index contributed by atoms with van der Waals surface area (Å²) in [4.78, 5) is 25.4. The maximum atomic E-state index is 12.7. The van der Waals surface area contributed by atoms with Gasteiger partial charge in [-0.25, -0.2) is 0 Å². The highest BCUT2D eigenvalue weighted by Crippen LogP contribution is 2.32. The van der Waals surface area contributed by atoms with Crippen molar-refractivity contribution in [2.24, 2.45) is 5.73 Å². The van der Waals surface area contributed by atoms with E-state index >= 15 is 0 Å². The Morgan fingerprint density at radius 1 is 1.17 bits per heavy atom. The second kappa shape index (κ2) is 10.9. The van der Waals surface area contributed by atoms with Gasteiger partial charge in [0.1, 0.15) is 10.8 Å². The van der Waals surface area contributed by atoms with Crippen molar-refractivity contribution in [3.63, 3.8) is 0 Å². The number of amides is 2. The van der Waals surface area contributed by atoms with Gasteiger partial charge in [-0.2, -0.15) is 0 Å². The molecular formula is C21H27N3O3S2. The lowest BCUT2D eigenvalue weighted by Gasteiger charge is -2.13. The Morgan fingerprint density at radius 2 is 1.90 bits per heavy atom. The van der Waals surface area contributed by atoms with Crippen molar-refractivity contribution in [1.82, 2.24) is 5.32 Å². The molecule has 0 aliphatic heterocycles. The average Bonchev–Trinajstić information content (AvgIpc) is 2.95. The molecule has 2 aromatic rings. The van der Waals surface area contributed by atoms with Crippen molar-refractivity contribution >= 4 is 45.5 Å². The number of anilines is 1. The van der Waals surface area contributed by atoms with Gasteiger partial charge in [-0.15, -0.1) is 11.3 Å². The molecule has 0 saturated heterocycles. The van der Waals surface area contributed by atoms with E-state index in [0.717, 1.165) is 29.7 Å². The highest BCUT2D eigenvalue weighted by molar-refractivity contribution is 7.80. The summed E-state index contributed by atoms with van der Waals surface area (Å²) in [5.74, 6) is -0.396. The van der Waals surface area contributed by atoms with Crippen molar-refractivity contribution in [3.8, 4) is 5.75 Å². The number of unbranched alkanes of at least 4 members (excludes halogenated alkanes) is 3. The summed E-state index contributed by atoms with van der Waals surface area (Å²) in [5.41, 5.74) is 7.07. The lowest BCUT2D eigenvalue weighted by molar-refractivity contribution is 0.0971. The van der Waals surface area contributed by atoms with Gasteiger partial charge in [0.15, 0.2) is 5.11 Å². The van der Waals surface area contributed by atoms with Crippen LogP contribution in [-0.4, -0.2) is 23.5 Å². The monoisotopic (exact) mass is 433 g/mol. The third kappa shape index (κ3) is 6.27. The number of rotatable bonds is 9. The van der Waals surface area contributed by atoms with Gasteiger partial charge in [-0.3, -0.25) is 14.9 Å². The number of benzene rings is 1. The van der Waals surface area contributed by atoms with Crippen LogP contribution in [0.15, 0.2) is 24.3 Å². The number of nitrogens with two attached hydrogens (primary N) is 1. The van der Waals surface area contributed by atoms with Crippen LogP contribution in [0.1, 0.15) is 63.8 Å². The first kappa shape index (κ1) is 22.8. The Kier molecular flexibility index (Phi) is 8.60. The molecule has 0 saturated carbocycles. The molecule has 6 nitrogen and oxygen atoms in total. The maximum absolute atomic E-state index is 12.7. The second-order valence-corrected chi connectivity index (χ2v) is 8.30. The zero-order chi connectivity index (χ0) is 21.4. The minimum Gasteiger partial charge on any atom is -0.493 e. The normalized spacial score (nSPS) is 10.4. The number of carbonyl (C=O) groups is 2. The van der Waals surface area contributed by atoms with Crippen LogP contribution in [0.5, 0.6) is 5.75 Å². The number of thiocarbonyl (C=S) groups is 1. The van der Waals surface area contributed by atoms with Gasteiger partial charge in [0.25, 0.3) is 11.8 Å². The summed E-state index contributed by atoms with van der Waals surface area (Å²) in [6, 6.07) is 7.05. The summed E-state index contributed by atoms with van der Waals surface area (Å²) in [6.45, 7) is 6.44. The van der Waals surface area contributed by atoms with Crippen molar-refractivity contribution < 1.29 is 14.3 Å². The van der Waals surface area contributed by atoms with Gasteiger partial charge in [-0.05, 0) is 50.2 Å². The van der Waals surface area contributed by atoms with Crippen LogP contribution in [-0.2, 0) is 0 Å². The van der Waals surface area contributed by atoms with Crippen LogP contribution in [0.25, 0.3) is 0 Å². The Bertz CT molecular complexity index is 893. The first-order valence-electron chi connectivity index (χ1n) is 9.59. The molecule has 29 heavy (non-hydrogen) atoms. The average molecular weight is 434 g/mol. The molecule has 0 aliphatic carbocycles. The highest BCUT2D eigenvalue weighted by Gasteiger charge is 2.19. The third-order valence-corrected chi connectivity index (χ3v) is 5.80. The Morgan fingerprint density at radius 3 is 2.59 bits per heavy atom. The molecular weight excluding hydrogens is 406 g/mol. The van der Waals surface area contributed by atoms with Crippen LogP contribution in [0, 0.1) is 13.8 Å². The zero-order valence-corrected chi connectivity index (χ0v) is 18.6. The molecule has 2 rings (SSSR count). The lowest BCUT2D eigenvalue weighted by atomic mass is 10.1. The van der Waals surface area contributed by atoms with E-state index in [1.807, 2.05) is 19.9 Å². The van der Waals surface area contributed by atoms with E-state index < -0.39 is 5.91 Å². The first-order chi connectivity index (χ1) is 13.8. The molecule has 0 unspecified atom stereocenters. The van der Waals surface area contributed by atoms with E-state index in [-0.39, 0.29) is 11.0 Å². The van der Waals surface area contributed by atoms with Crippen LogP contribution in [0.4, 0.5) is 5.00 Å². The first-order valence-corrected chi connectivity index (χ1v) is 10.8. The van der Waals surface area contributed by atoms with E-state index in [1.165, 1.54) is 17.8 Å². The van der Waals surface area contributed by atoms with E-state index in [4.69, 9.17) is 22.7 Å². The minimum absolute atomic E-state index is 0.0940. The summed E-state index contributed by atoms with van der Waals surface area (Å²) >= 11 is 6.63. The van der Waals surface area contributed by atoms with Crippen molar-refractivity contribution in [3.05, 3.63) is 45.8 Å². The SMILES string of the molecule is CCCCCCOc1ccccc1C(=O)NC(=S)Nc1sc(C)c(C)c1C(N)=O. The number of hydrogen-bond acceptors (Lipinski definition) is 5. The molecule has 0 fully saturated rings. The molecule has 2 amide bonds. The lowest BCUT2D eigenvalue weighted by Crippen LogP contribution is -2.34. The molecule has 1 aromatic carbocycles. The minimum atomic E-state index is -0.537. The number of primary amides is 1. The summed E-state index contributed by atoms with van der Waals surface area (Å²) in [7, 11) is 0. The summed E-state index contributed by atoms with van der Waals surface area (Å²) < 4.78 is 5.79. The number of nitrogens with one attached hydrogen (secondary N) is 2. The Balaban J connectivity index is 2.03. The van der Waals surface area contributed by atoms with Gasteiger partial charge in [-0.1, -0.05) is 38.3 Å². The standard InChI is InChI=1S/C21H27N3O3S2/c1-4-5-6-9-12-27-16-11-8-7-10-15(16)19(26)23-21(28)24-20-17(18(22)25)13(2)14(3)29-20/h7-8,10-11H,4-6,9,12H2,1-3H3,(H2,22,25)(H2,23,24,26,28). The van der Waals surface area contributed by atoms with Crippen molar-refractivity contribution in [1.29, 1.82) is 0 Å². The van der Waals surface area contributed by atoms with Gasteiger partial charge >= 0.3 is 0 Å². The molecule has 0 radical (unpaired) electrons. The fourth-order valence-electron chi connectivity index (χ4n) is 2.81. The molecule has 4 N–H and O–H groups in total. The number of para-hydroxylation sites is 1. The smallest absolute Gasteiger partial charge is 0.261 e. The molecule has 0 spiro atoms. The van der Waals surface area contributed by atoms with Gasteiger partial charge in [0.2, 0.25) is 0 Å². The van der Waals surface area contributed by atoms with Crippen LogP contribution in [0.3, 0.4) is 0 Å². The molecule has 8 heteroatoms. The molecule has 0 atom stereocenters. The predicted octanol–water partition coefficient (Wildman–Crippen LogP) is 4.55. The number of thiophene rings is 1. The summed E-state index contributed by atoms with van der Waals surface area (Å²) in [6.07, 6.45) is 4.36. The summed E-state index contributed by atoms with van der Waals surface area (Å²) in [5, 5.41) is 6.18. The van der Waals surface area contributed by atoms with E-state index in [0.29, 0.717) is 28.5 Å². The van der Waals surface area contributed by atoms with Crippen LogP contribution >= 0.6 is 23.6 Å². The van der Waals surface area contributed by atoms with E-state index in [9.17, 15) is 9.59 Å². The Hall–Kier alpha value is -2.45. The number of hydrogen-bond donors (Lipinski definition) is 3. The van der Waals surface area contributed by atoms with Gasteiger partial charge in [0.05, 0.1) is 17.7 Å². The van der Waals surface area contributed by atoms with Crippen LogP contribution < -0.4 is 21.1 Å². The molecule has 0 aliphatic rings. The zero-order valence-electron chi connectivity index (χ0n) is 17.0. The number of aryl methyl sites for hydroxylation is 1. The van der Waals surface area contributed by atoms with Gasteiger partial charge < -0.3 is 15.8 Å². The van der Waals surface area contributed by atoms with E-state index in [1.54, 1.807) is 18.2 Å².